The smallest absolute Gasteiger partial charge is 0.293 e. The Balaban J connectivity index is 2.11. The van der Waals surface area contributed by atoms with E-state index in [1.165, 1.54) is 0 Å². The van der Waals surface area contributed by atoms with Crippen molar-refractivity contribution in [2.24, 2.45) is 0 Å². The maximum atomic E-state index is 12.2. The maximum absolute atomic E-state index is 12.2. The van der Waals surface area contributed by atoms with E-state index >= 15 is 0 Å². The molecule has 2 atom stereocenters. The van der Waals surface area contributed by atoms with Crippen LogP contribution in [0.25, 0.3) is 0 Å². The normalized spacial score (nSPS) is 26.2. The lowest BCUT2D eigenvalue weighted by Gasteiger charge is -2.41. The summed E-state index contributed by atoms with van der Waals surface area (Å²) in [5, 5.41) is 6.62. The van der Waals surface area contributed by atoms with Gasteiger partial charge in [0.1, 0.15) is 5.82 Å². The molecule has 6 heteroatoms. The summed E-state index contributed by atoms with van der Waals surface area (Å²) in [7, 11) is 2.09. The van der Waals surface area contributed by atoms with Crippen LogP contribution in [0.2, 0.25) is 0 Å². The standard InChI is InChI=1S/C11H19N5O/c1-7-5-16(6-8(2)15(7)4)11(17)10-12-9(3)13-14-10/h7-8H,5-6H2,1-4H3,(H,12,13,14). The van der Waals surface area contributed by atoms with E-state index in [0.717, 1.165) is 13.1 Å². The van der Waals surface area contributed by atoms with Crippen LogP contribution in [0.5, 0.6) is 0 Å². The minimum Gasteiger partial charge on any atom is -0.333 e. The zero-order valence-electron chi connectivity index (χ0n) is 10.8. The summed E-state index contributed by atoms with van der Waals surface area (Å²) < 4.78 is 0. The number of carbonyl (C=O) groups is 1. The number of rotatable bonds is 1. The van der Waals surface area contributed by atoms with Crippen LogP contribution >= 0.6 is 0 Å². The number of H-pyrrole nitrogens is 1. The van der Waals surface area contributed by atoms with Gasteiger partial charge in [-0.3, -0.25) is 14.8 Å². The highest BCUT2D eigenvalue weighted by atomic mass is 16.2. The van der Waals surface area contributed by atoms with Crippen LogP contribution in [0.4, 0.5) is 0 Å². The minimum absolute atomic E-state index is 0.0823. The number of carbonyl (C=O) groups excluding carboxylic acids is 1. The molecule has 0 bridgehead atoms. The molecule has 1 fully saturated rings. The maximum Gasteiger partial charge on any atom is 0.293 e. The zero-order chi connectivity index (χ0) is 12.6. The topological polar surface area (TPSA) is 65.1 Å². The molecule has 2 unspecified atom stereocenters. The Hall–Kier alpha value is -1.43. The molecule has 6 nitrogen and oxygen atoms in total. The average Bonchev–Trinajstić information content (AvgIpc) is 2.71. The molecule has 1 aliphatic rings. The van der Waals surface area contributed by atoms with Gasteiger partial charge in [0.2, 0.25) is 5.82 Å². The highest BCUT2D eigenvalue weighted by Gasteiger charge is 2.31. The fraction of sp³-hybridized carbons (Fsp3) is 0.727. The molecule has 1 N–H and O–H groups in total. The number of piperazine rings is 1. The Morgan fingerprint density at radius 2 is 1.94 bits per heavy atom. The Bertz CT molecular complexity index is 404. The van der Waals surface area contributed by atoms with Crippen LogP contribution in [0.15, 0.2) is 0 Å². The number of nitrogens with zero attached hydrogens (tertiary/aromatic N) is 4. The lowest BCUT2D eigenvalue weighted by Crippen LogP contribution is -2.56. The molecule has 1 aliphatic heterocycles. The number of aromatic nitrogens is 3. The van der Waals surface area contributed by atoms with E-state index in [-0.39, 0.29) is 11.7 Å². The van der Waals surface area contributed by atoms with Crippen molar-refractivity contribution in [2.75, 3.05) is 20.1 Å². The van der Waals surface area contributed by atoms with Crippen LogP contribution in [0.3, 0.4) is 0 Å². The van der Waals surface area contributed by atoms with Gasteiger partial charge in [0.05, 0.1) is 0 Å². The van der Waals surface area contributed by atoms with Gasteiger partial charge in [0, 0.05) is 25.2 Å². The first kappa shape index (κ1) is 12.0. The van der Waals surface area contributed by atoms with Gasteiger partial charge >= 0.3 is 0 Å². The summed E-state index contributed by atoms with van der Waals surface area (Å²) in [5.74, 6) is 0.858. The molecule has 94 valence electrons. The van der Waals surface area contributed by atoms with Gasteiger partial charge in [0.15, 0.2) is 0 Å². The molecule has 0 saturated carbocycles. The summed E-state index contributed by atoms with van der Waals surface area (Å²) in [6.07, 6.45) is 0. The van der Waals surface area contributed by atoms with Crippen LogP contribution in [-0.2, 0) is 0 Å². The highest BCUT2D eigenvalue weighted by Crippen LogP contribution is 2.14. The van der Waals surface area contributed by atoms with Gasteiger partial charge in [-0.05, 0) is 27.8 Å². The van der Waals surface area contributed by atoms with E-state index in [0.29, 0.717) is 17.9 Å². The van der Waals surface area contributed by atoms with E-state index < -0.39 is 0 Å². The fourth-order valence-electron chi connectivity index (χ4n) is 2.15. The second kappa shape index (κ2) is 4.44. The number of aromatic amines is 1. The summed E-state index contributed by atoms with van der Waals surface area (Å²) in [6.45, 7) is 7.50. The molecule has 2 heterocycles. The predicted octanol–water partition coefficient (Wildman–Crippen LogP) is 0.278. The summed E-state index contributed by atoms with van der Waals surface area (Å²) in [5.41, 5.74) is 0. The van der Waals surface area contributed by atoms with Gasteiger partial charge in [-0.2, -0.15) is 0 Å². The second-order valence-electron chi connectivity index (χ2n) is 4.82. The quantitative estimate of drug-likeness (QED) is 0.762. The molecule has 1 aromatic heterocycles. The molecule has 0 radical (unpaired) electrons. The molecular weight excluding hydrogens is 218 g/mol. The minimum atomic E-state index is -0.0823. The Kier molecular flexibility index (Phi) is 3.15. The van der Waals surface area contributed by atoms with Gasteiger partial charge in [-0.15, -0.1) is 5.10 Å². The van der Waals surface area contributed by atoms with Crippen molar-refractivity contribution in [2.45, 2.75) is 32.9 Å². The van der Waals surface area contributed by atoms with E-state index in [1.54, 1.807) is 6.92 Å². The van der Waals surface area contributed by atoms with Crippen molar-refractivity contribution in [1.29, 1.82) is 0 Å². The molecule has 1 saturated heterocycles. The van der Waals surface area contributed by atoms with Crippen molar-refractivity contribution in [3.8, 4) is 0 Å². The third-order valence-corrected chi connectivity index (χ3v) is 3.44. The van der Waals surface area contributed by atoms with Gasteiger partial charge < -0.3 is 4.90 Å². The first-order valence-electron chi connectivity index (χ1n) is 5.89. The number of aryl methyl sites for hydroxylation is 1. The predicted molar refractivity (Wildman–Crippen MR) is 63.7 cm³/mol. The summed E-state index contributed by atoms with van der Waals surface area (Å²) in [4.78, 5) is 20.4. The fourth-order valence-corrected chi connectivity index (χ4v) is 2.15. The first-order valence-corrected chi connectivity index (χ1v) is 5.89. The second-order valence-corrected chi connectivity index (χ2v) is 4.82. The Morgan fingerprint density at radius 1 is 1.35 bits per heavy atom. The molecule has 1 amide bonds. The number of hydrogen-bond acceptors (Lipinski definition) is 4. The van der Waals surface area contributed by atoms with Crippen molar-refractivity contribution in [1.82, 2.24) is 25.0 Å². The number of amides is 1. The highest BCUT2D eigenvalue weighted by molar-refractivity contribution is 5.90. The van der Waals surface area contributed by atoms with Crippen LogP contribution in [0, 0.1) is 6.92 Å². The molecule has 2 rings (SSSR count). The van der Waals surface area contributed by atoms with E-state index in [9.17, 15) is 4.79 Å². The molecule has 1 aromatic rings. The van der Waals surface area contributed by atoms with Crippen molar-refractivity contribution in [3.63, 3.8) is 0 Å². The molecule has 0 spiro atoms. The van der Waals surface area contributed by atoms with E-state index in [1.807, 2.05) is 4.90 Å². The largest absolute Gasteiger partial charge is 0.333 e. The Labute approximate surface area is 101 Å². The van der Waals surface area contributed by atoms with Crippen molar-refractivity contribution >= 4 is 5.91 Å². The van der Waals surface area contributed by atoms with E-state index in [2.05, 4.69) is 41.0 Å². The third-order valence-electron chi connectivity index (χ3n) is 3.44. The molecular formula is C11H19N5O. The van der Waals surface area contributed by atoms with E-state index in [4.69, 9.17) is 0 Å². The summed E-state index contributed by atoms with van der Waals surface area (Å²) in [6, 6.07) is 0.727. The van der Waals surface area contributed by atoms with Gasteiger partial charge in [-0.1, -0.05) is 0 Å². The number of nitrogens with one attached hydrogen (secondary N) is 1. The number of likely N-dealkylation sites (N-methyl/N-ethyl adjacent to an activating group) is 1. The van der Waals surface area contributed by atoms with Crippen molar-refractivity contribution < 1.29 is 4.79 Å². The molecule has 17 heavy (non-hydrogen) atoms. The first-order chi connectivity index (χ1) is 7.99. The monoisotopic (exact) mass is 237 g/mol. The van der Waals surface area contributed by atoms with Gasteiger partial charge in [0.25, 0.3) is 5.91 Å². The lowest BCUT2D eigenvalue weighted by molar-refractivity contribution is 0.0404. The Morgan fingerprint density at radius 3 is 2.41 bits per heavy atom. The zero-order valence-corrected chi connectivity index (χ0v) is 10.8. The molecule has 0 aliphatic carbocycles. The van der Waals surface area contributed by atoms with Crippen LogP contribution in [0.1, 0.15) is 30.3 Å². The summed E-state index contributed by atoms with van der Waals surface area (Å²) >= 11 is 0. The number of hydrogen-bond donors (Lipinski definition) is 1. The van der Waals surface area contributed by atoms with Gasteiger partial charge in [-0.25, -0.2) is 4.98 Å². The van der Waals surface area contributed by atoms with Crippen molar-refractivity contribution in [3.05, 3.63) is 11.6 Å². The van der Waals surface area contributed by atoms with Crippen LogP contribution in [-0.4, -0.2) is 63.1 Å². The molecule has 0 aromatic carbocycles. The third kappa shape index (κ3) is 2.31. The lowest BCUT2D eigenvalue weighted by atomic mass is 10.1. The average molecular weight is 237 g/mol. The SMILES string of the molecule is Cc1nc(C(=O)N2CC(C)N(C)C(C)C2)n[nH]1. The van der Waals surface area contributed by atoms with Crippen LogP contribution < -0.4 is 0 Å².